The van der Waals surface area contributed by atoms with Crippen molar-refractivity contribution in [2.75, 3.05) is 0 Å². The van der Waals surface area contributed by atoms with Crippen molar-refractivity contribution >= 4 is 23.2 Å². The number of aromatic nitrogens is 5. The van der Waals surface area contributed by atoms with Crippen LogP contribution in [0.3, 0.4) is 0 Å². The smallest absolute Gasteiger partial charge is 0.159 e. The van der Waals surface area contributed by atoms with E-state index in [9.17, 15) is 0 Å². The Hall–Kier alpha value is -2.49. The van der Waals surface area contributed by atoms with E-state index in [0.29, 0.717) is 34.1 Å². The van der Waals surface area contributed by atoms with Gasteiger partial charge in [-0.1, -0.05) is 23.2 Å². The van der Waals surface area contributed by atoms with E-state index in [-0.39, 0.29) is 0 Å². The Morgan fingerprint density at radius 2 is 1.86 bits per heavy atom. The number of halogens is 2. The van der Waals surface area contributed by atoms with Crippen molar-refractivity contribution in [1.82, 2.24) is 24.5 Å². The molecule has 0 radical (unpaired) electrons. The summed E-state index contributed by atoms with van der Waals surface area (Å²) in [6.07, 6.45) is 6.29. The molecule has 0 unspecified atom stereocenters. The van der Waals surface area contributed by atoms with Crippen molar-refractivity contribution in [1.29, 1.82) is 5.26 Å². The minimum atomic E-state index is 0.305. The van der Waals surface area contributed by atoms with Gasteiger partial charge < -0.3 is 4.57 Å². The fourth-order valence-electron chi connectivity index (χ4n) is 1.90. The Bertz CT molecular complexity index is 833. The molecule has 0 fully saturated rings. The number of pyridine rings is 1. The van der Waals surface area contributed by atoms with Crippen LogP contribution in [-0.4, -0.2) is 24.5 Å². The maximum absolute atomic E-state index is 9.06. The van der Waals surface area contributed by atoms with Gasteiger partial charge in [0, 0.05) is 30.4 Å². The third kappa shape index (κ3) is 3.06. The highest BCUT2D eigenvalue weighted by Crippen LogP contribution is 2.20. The second-order valence-electron chi connectivity index (χ2n) is 4.38. The standard InChI is InChI=1S/C14H8Cl2N6/c15-10-5-19-13(20-6-10)8-22-7-11(3-17)21-14(22)9-1-2-12(16)18-4-9/h1-2,4-7H,8H2. The average molecular weight is 331 g/mol. The molecule has 0 aliphatic carbocycles. The van der Waals surface area contributed by atoms with Crippen LogP contribution in [0.25, 0.3) is 11.4 Å². The number of hydrogen-bond acceptors (Lipinski definition) is 5. The molecule has 3 aromatic heterocycles. The van der Waals surface area contributed by atoms with E-state index >= 15 is 0 Å². The van der Waals surface area contributed by atoms with Gasteiger partial charge in [0.2, 0.25) is 0 Å². The highest BCUT2D eigenvalue weighted by Gasteiger charge is 2.12. The van der Waals surface area contributed by atoms with Crippen molar-refractivity contribution in [2.45, 2.75) is 6.54 Å². The third-order valence-corrected chi connectivity index (χ3v) is 3.28. The molecular weight excluding hydrogens is 323 g/mol. The molecule has 8 heteroatoms. The molecule has 3 rings (SSSR count). The topological polar surface area (TPSA) is 80.3 Å². The first-order chi connectivity index (χ1) is 10.7. The molecule has 0 aliphatic rings. The minimum absolute atomic E-state index is 0.305. The van der Waals surface area contributed by atoms with Crippen molar-refractivity contribution in [3.63, 3.8) is 0 Å². The Morgan fingerprint density at radius 1 is 1.09 bits per heavy atom. The van der Waals surface area contributed by atoms with E-state index in [1.807, 2.05) is 6.07 Å². The predicted molar refractivity (Wildman–Crippen MR) is 81.3 cm³/mol. The number of rotatable bonds is 3. The number of hydrogen-bond donors (Lipinski definition) is 0. The van der Waals surface area contributed by atoms with Crippen molar-refractivity contribution in [3.05, 3.63) is 58.6 Å². The van der Waals surface area contributed by atoms with Crippen molar-refractivity contribution < 1.29 is 0 Å². The summed E-state index contributed by atoms with van der Waals surface area (Å²) < 4.78 is 1.78. The van der Waals surface area contributed by atoms with E-state index in [1.165, 1.54) is 12.4 Å². The predicted octanol–water partition coefficient (Wildman–Crippen LogP) is 2.96. The lowest BCUT2D eigenvalue weighted by atomic mass is 10.2. The quantitative estimate of drug-likeness (QED) is 0.689. The molecule has 0 spiro atoms. The number of nitriles is 1. The second-order valence-corrected chi connectivity index (χ2v) is 5.20. The average Bonchev–Trinajstić information content (AvgIpc) is 2.93. The summed E-state index contributed by atoms with van der Waals surface area (Å²) in [6, 6.07) is 5.48. The highest BCUT2D eigenvalue weighted by molar-refractivity contribution is 6.30. The first-order valence-electron chi connectivity index (χ1n) is 6.21. The molecule has 0 bridgehead atoms. The van der Waals surface area contributed by atoms with Gasteiger partial charge in [-0.25, -0.2) is 19.9 Å². The van der Waals surface area contributed by atoms with Gasteiger partial charge in [-0.2, -0.15) is 5.26 Å². The first-order valence-corrected chi connectivity index (χ1v) is 6.97. The van der Waals surface area contributed by atoms with Gasteiger partial charge in [0.05, 0.1) is 11.6 Å². The lowest BCUT2D eigenvalue weighted by Crippen LogP contribution is -2.05. The molecule has 0 amide bonds. The van der Waals surface area contributed by atoms with Gasteiger partial charge in [0.15, 0.2) is 5.69 Å². The van der Waals surface area contributed by atoms with Crippen molar-refractivity contribution in [2.24, 2.45) is 0 Å². The van der Waals surface area contributed by atoms with Crippen LogP contribution in [0, 0.1) is 11.3 Å². The maximum Gasteiger partial charge on any atom is 0.159 e. The van der Waals surface area contributed by atoms with Crippen LogP contribution < -0.4 is 0 Å². The molecule has 3 heterocycles. The largest absolute Gasteiger partial charge is 0.322 e. The minimum Gasteiger partial charge on any atom is -0.322 e. The Balaban J connectivity index is 2.00. The van der Waals surface area contributed by atoms with Gasteiger partial charge in [-0.15, -0.1) is 0 Å². The van der Waals surface area contributed by atoms with Crippen LogP contribution in [0.4, 0.5) is 0 Å². The Kier molecular flexibility index (Phi) is 4.00. The van der Waals surface area contributed by atoms with Gasteiger partial charge in [-0.3, -0.25) is 0 Å². The van der Waals surface area contributed by atoms with E-state index < -0.39 is 0 Å². The van der Waals surface area contributed by atoms with E-state index in [1.54, 1.807) is 29.1 Å². The lowest BCUT2D eigenvalue weighted by molar-refractivity contribution is 0.750. The Morgan fingerprint density at radius 3 is 2.50 bits per heavy atom. The summed E-state index contributed by atoms with van der Waals surface area (Å²) in [5.41, 5.74) is 1.05. The van der Waals surface area contributed by atoms with Gasteiger partial charge >= 0.3 is 0 Å². The molecule has 6 nitrogen and oxygen atoms in total. The molecule has 0 saturated heterocycles. The Labute approximate surface area is 136 Å². The van der Waals surface area contributed by atoms with Gasteiger partial charge in [0.25, 0.3) is 0 Å². The van der Waals surface area contributed by atoms with E-state index in [4.69, 9.17) is 28.5 Å². The third-order valence-electron chi connectivity index (χ3n) is 2.86. The van der Waals surface area contributed by atoms with E-state index in [0.717, 1.165) is 5.56 Å². The number of imidazole rings is 1. The van der Waals surface area contributed by atoms with Crippen LogP contribution in [0.15, 0.2) is 36.9 Å². The second kappa shape index (κ2) is 6.10. The van der Waals surface area contributed by atoms with Gasteiger partial charge in [-0.05, 0) is 12.1 Å². The van der Waals surface area contributed by atoms with Gasteiger partial charge in [0.1, 0.15) is 22.9 Å². The molecule has 0 saturated carbocycles. The SMILES string of the molecule is N#Cc1cn(Cc2ncc(Cl)cn2)c(-c2ccc(Cl)nc2)n1. The summed E-state index contributed by atoms with van der Waals surface area (Å²) in [5, 5.41) is 9.92. The fraction of sp³-hybridized carbons (Fsp3) is 0.0714. The van der Waals surface area contributed by atoms with Crippen LogP contribution in [0.2, 0.25) is 10.2 Å². The van der Waals surface area contributed by atoms with Crippen LogP contribution in [0.5, 0.6) is 0 Å². The molecule has 108 valence electrons. The molecular formula is C14H8Cl2N6. The summed E-state index contributed by atoms with van der Waals surface area (Å²) in [7, 11) is 0. The molecule has 22 heavy (non-hydrogen) atoms. The maximum atomic E-state index is 9.06. The fourth-order valence-corrected chi connectivity index (χ4v) is 2.11. The zero-order valence-corrected chi connectivity index (χ0v) is 12.6. The normalized spacial score (nSPS) is 10.4. The van der Waals surface area contributed by atoms with Crippen LogP contribution in [0.1, 0.15) is 11.5 Å². The van der Waals surface area contributed by atoms with Crippen LogP contribution >= 0.6 is 23.2 Å². The monoisotopic (exact) mass is 330 g/mol. The molecule has 3 aromatic rings. The molecule has 0 atom stereocenters. The van der Waals surface area contributed by atoms with Crippen molar-refractivity contribution in [3.8, 4) is 17.5 Å². The summed E-state index contributed by atoms with van der Waals surface area (Å²) in [4.78, 5) is 16.6. The summed E-state index contributed by atoms with van der Waals surface area (Å²) in [5.74, 6) is 1.16. The van der Waals surface area contributed by atoms with E-state index in [2.05, 4.69) is 19.9 Å². The van der Waals surface area contributed by atoms with Crippen LogP contribution in [-0.2, 0) is 6.54 Å². The summed E-state index contributed by atoms with van der Waals surface area (Å²) in [6.45, 7) is 0.365. The lowest BCUT2D eigenvalue weighted by Gasteiger charge is -2.06. The molecule has 0 aliphatic heterocycles. The zero-order valence-electron chi connectivity index (χ0n) is 11.1. The summed E-state index contributed by atoms with van der Waals surface area (Å²) >= 11 is 11.6. The zero-order chi connectivity index (χ0) is 15.5. The number of nitrogens with zero attached hydrogens (tertiary/aromatic N) is 6. The molecule has 0 N–H and O–H groups in total. The first kappa shape index (κ1) is 14.4. The molecule has 0 aromatic carbocycles. The highest BCUT2D eigenvalue weighted by atomic mass is 35.5.